The first kappa shape index (κ1) is 35.8. The van der Waals surface area contributed by atoms with Crippen molar-refractivity contribution in [3.8, 4) is 50.7 Å². The van der Waals surface area contributed by atoms with Gasteiger partial charge in [-0.2, -0.15) is 0 Å². The molecule has 1 aliphatic carbocycles. The first-order valence-corrected chi connectivity index (χ1v) is 21.3. The van der Waals surface area contributed by atoms with Crippen molar-refractivity contribution < 1.29 is 0 Å². The second-order valence-corrected chi connectivity index (χ2v) is 16.1. The van der Waals surface area contributed by atoms with Crippen LogP contribution in [0.1, 0.15) is 17.0 Å². The number of rotatable bonds is 7. The van der Waals surface area contributed by atoms with Crippen LogP contribution >= 0.6 is 0 Å². The lowest BCUT2D eigenvalue weighted by molar-refractivity contribution is 0.759. The van der Waals surface area contributed by atoms with Gasteiger partial charge in [0.25, 0.3) is 0 Å². The number of hydrogen-bond donors (Lipinski definition) is 0. The highest BCUT2D eigenvalue weighted by Crippen LogP contribution is 2.53. The van der Waals surface area contributed by atoms with Gasteiger partial charge in [0.2, 0.25) is 0 Å². The van der Waals surface area contributed by atoms with E-state index in [1.54, 1.807) is 0 Å². The molecule has 0 N–H and O–H groups in total. The third-order valence-corrected chi connectivity index (χ3v) is 12.6. The van der Waals surface area contributed by atoms with E-state index in [9.17, 15) is 0 Å². The van der Waals surface area contributed by atoms with Gasteiger partial charge in [-0.3, -0.25) is 0 Å². The maximum Gasteiger partial charge on any atom is 0.160 e. The Bertz CT molecular complexity index is 3310. The van der Waals surface area contributed by atoms with Crippen molar-refractivity contribution in [1.29, 1.82) is 0 Å². The van der Waals surface area contributed by atoms with Gasteiger partial charge in [0.1, 0.15) is 0 Å². The van der Waals surface area contributed by atoms with Crippen LogP contribution in [0.3, 0.4) is 0 Å². The molecule has 10 aromatic rings. The predicted molar refractivity (Wildman–Crippen MR) is 257 cm³/mol. The van der Waals surface area contributed by atoms with Gasteiger partial charge in [-0.1, -0.05) is 176 Å². The zero-order valence-electron chi connectivity index (χ0n) is 33.9. The Morgan fingerprint density at radius 2 is 1.05 bits per heavy atom. The van der Waals surface area contributed by atoms with Gasteiger partial charge in [-0.15, -0.1) is 0 Å². The highest BCUT2D eigenvalue weighted by atomic mass is 15.2. The molecule has 0 spiro atoms. The van der Waals surface area contributed by atoms with Gasteiger partial charge < -0.3 is 9.47 Å². The Kier molecular flexibility index (Phi) is 8.60. The first-order valence-electron chi connectivity index (χ1n) is 21.3. The minimum Gasteiger partial charge on any atom is -0.333 e. The second kappa shape index (κ2) is 14.9. The molecule has 3 heterocycles. The van der Waals surface area contributed by atoms with E-state index in [0.717, 1.165) is 33.8 Å². The Morgan fingerprint density at radius 1 is 0.435 bits per heavy atom. The van der Waals surface area contributed by atoms with E-state index >= 15 is 0 Å². The minimum absolute atomic E-state index is 0.0931. The highest BCUT2D eigenvalue weighted by molar-refractivity contribution is 6.16. The summed E-state index contributed by atoms with van der Waals surface area (Å²) in [7, 11) is 0. The molecule has 62 heavy (non-hydrogen) atoms. The molecule has 8 aromatic carbocycles. The van der Waals surface area contributed by atoms with E-state index in [4.69, 9.17) is 9.97 Å². The van der Waals surface area contributed by atoms with Crippen LogP contribution in [0, 0.1) is 0 Å². The van der Waals surface area contributed by atoms with Crippen molar-refractivity contribution in [3.63, 3.8) is 0 Å². The summed E-state index contributed by atoms with van der Waals surface area (Å²) in [6.07, 6.45) is 6.93. The number of benzene rings is 8. The Morgan fingerprint density at radius 3 is 1.89 bits per heavy atom. The maximum absolute atomic E-state index is 5.17. The molecular weight excluding hydrogens is 753 g/mol. The van der Waals surface area contributed by atoms with Crippen LogP contribution in [0.4, 0.5) is 11.4 Å². The summed E-state index contributed by atoms with van der Waals surface area (Å²) in [4.78, 5) is 12.8. The summed E-state index contributed by atoms with van der Waals surface area (Å²) in [5, 5.41) is 2.52. The van der Waals surface area contributed by atoms with Crippen LogP contribution in [0.2, 0.25) is 0 Å². The second-order valence-electron chi connectivity index (χ2n) is 16.1. The molecule has 0 radical (unpaired) electrons. The lowest BCUT2D eigenvalue weighted by atomic mass is 9.80. The summed E-state index contributed by atoms with van der Waals surface area (Å²) < 4.78 is 2.39. The van der Waals surface area contributed by atoms with Crippen LogP contribution < -0.4 is 4.90 Å². The number of anilines is 2. The van der Waals surface area contributed by atoms with Gasteiger partial charge in [-0.25, -0.2) is 9.97 Å². The largest absolute Gasteiger partial charge is 0.333 e. The van der Waals surface area contributed by atoms with E-state index in [-0.39, 0.29) is 12.0 Å². The van der Waals surface area contributed by atoms with Gasteiger partial charge in [0.15, 0.2) is 5.82 Å². The third-order valence-electron chi connectivity index (χ3n) is 12.6. The standard InChI is InChI=1S/C58H40N4/c1-4-18-39(19-5-1)50-38-51(60-58(59-50)40-20-6-2-7-21-40)43-24-14-22-41(36-43)46-30-16-35-55-56(46)49-29-11-13-33-53(49)62(55)45-27-15-23-42(37-45)47-31-17-34-54-57(47)48-28-10-12-32-52(48)61(54)44-25-8-3-9-26-44/h1-38,55-56H. The summed E-state index contributed by atoms with van der Waals surface area (Å²) in [5.41, 5.74) is 17.1. The molecular formula is C58H40N4. The van der Waals surface area contributed by atoms with Crippen LogP contribution in [-0.2, 0) is 0 Å². The van der Waals surface area contributed by atoms with E-state index in [1.165, 1.54) is 61.0 Å². The SMILES string of the molecule is C1=CC2C(C(c3cccc(-c4cc(-c5ccccc5)nc(-c5ccccc5)n4)c3)=C1)c1ccccc1N2c1cccc(-c2cccc3c2c2ccccc2n3-c2ccccc2)c1. The van der Waals surface area contributed by atoms with Gasteiger partial charge in [0.05, 0.1) is 28.5 Å². The topological polar surface area (TPSA) is 34.0 Å². The minimum atomic E-state index is 0.0931. The summed E-state index contributed by atoms with van der Waals surface area (Å²) in [6, 6.07) is 76.1. The summed E-state index contributed by atoms with van der Waals surface area (Å²) in [5.74, 6) is 0.848. The Balaban J connectivity index is 0.939. The van der Waals surface area contributed by atoms with Crippen LogP contribution in [0.25, 0.3) is 78.1 Å². The third kappa shape index (κ3) is 5.99. The molecule has 2 atom stereocenters. The van der Waals surface area contributed by atoms with Crippen molar-refractivity contribution in [2.75, 3.05) is 4.90 Å². The maximum atomic E-state index is 5.17. The van der Waals surface area contributed by atoms with Crippen molar-refractivity contribution >= 4 is 38.8 Å². The van der Waals surface area contributed by atoms with Crippen LogP contribution in [0.15, 0.2) is 231 Å². The van der Waals surface area contributed by atoms with Crippen molar-refractivity contribution in [1.82, 2.24) is 14.5 Å². The van der Waals surface area contributed by atoms with Crippen molar-refractivity contribution in [2.24, 2.45) is 0 Å². The quantitative estimate of drug-likeness (QED) is 0.161. The van der Waals surface area contributed by atoms with Gasteiger partial charge >= 0.3 is 0 Å². The van der Waals surface area contributed by atoms with E-state index in [1.807, 2.05) is 24.3 Å². The molecule has 2 aliphatic rings. The summed E-state index contributed by atoms with van der Waals surface area (Å²) >= 11 is 0. The summed E-state index contributed by atoms with van der Waals surface area (Å²) in [6.45, 7) is 0. The molecule has 2 unspecified atom stereocenters. The van der Waals surface area contributed by atoms with E-state index in [0.29, 0.717) is 5.82 Å². The molecule has 0 amide bonds. The fourth-order valence-electron chi connectivity index (χ4n) is 9.84. The molecule has 0 bridgehead atoms. The molecule has 2 aromatic heterocycles. The first-order chi connectivity index (χ1) is 30.8. The number of allylic oxidation sites excluding steroid dienone is 2. The number of hydrogen-bond acceptors (Lipinski definition) is 3. The van der Waals surface area contributed by atoms with Crippen molar-refractivity contribution in [2.45, 2.75) is 12.0 Å². The van der Waals surface area contributed by atoms with Gasteiger partial charge in [0, 0.05) is 50.4 Å². The zero-order valence-corrected chi connectivity index (χ0v) is 33.9. The fraction of sp³-hybridized carbons (Fsp3) is 0.0345. The Hall–Kier alpha value is -8.08. The van der Waals surface area contributed by atoms with E-state index in [2.05, 4.69) is 216 Å². The van der Waals surface area contributed by atoms with Crippen molar-refractivity contribution in [3.05, 3.63) is 242 Å². The molecule has 1 aliphatic heterocycles. The number of fused-ring (bicyclic) bond motifs is 6. The fourth-order valence-corrected chi connectivity index (χ4v) is 9.84. The zero-order chi connectivity index (χ0) is 41.0. The van der Waals surface area contributed by atoms with Crippen LogP contribution in [-0.4, -0.2) is 20.6 Å². The number of para-hydroxylation sites is 3. The molecule has 0 fully saturated rings. The number of nitrogens with zero attached hydrogens (tertiary/aromatic N) is 4. The van der Waals surface area contributed by atoms with Gasteiger partial charge in [-0.05, 0) is 82.4 Å². The highest BCUT2D eigenvalue weighted by Gasteiger charge is 2.41. The molecule has 0 saturated heterocycles. The monoisotopic (exact) mass is 792 g/mol. The lowest BCUT2D eigenvalue weighted by Gasteiger charge is -2.31. The molecule has 4 heteroatoms. The van der Waals surface area contributed by atoms with Crippen LogP contribution in [0.5, 0.6) is 0 Å². The molecule has 292 valence electrons. The smallest absolute Gasteiger partial charge is 0.160 e. The average molecular weight is 793 g/mol. The average Bonchev–Trinajstić information content (AvgIpc) is 3.88. The predicted octanol–water partition coefficient (Wildman–Crippen LogP) is 14.5. The lowest BCUT2D eigenvalue weighted by Crippen LogP contribution is -2.30. The van der Waals surface area contributed by atoms with E-state index < -0.39 is 0 Å². The molecule has 4 nitrogen and oxygen atoms in total. The number of aromatic nitrogens is 3. The Labute approximate surface area is 361 Å². The molecule has 0 saturated carbocycles. The normalized spacial score (nSPS) is 15.4. The molecule has 12 rings (SSSR count).